The van der Waals surface area contributed by atoms with Crippen LogP contribution in [-0.2, 0) is 5.41 Å². The number of nitrogens with zero attached hydrogens (tertiary/aromatic N) is 3. The molecule has 4 N–H and O–H groups in total. The van der Waals surface area contributed by atoms with Gasteiger partial charge in [-0.3, -0.25) is 4.40 Å². The number of phenolic OH excluding ortho intramolecular Hbond substituents is 4. The zero-order valence-corrected chi connectivity index (χ0v) is 14.2. The van der Waals surface area contributed by atoms with Crippen molar-refractivity contribution in [2.75, 3.05) is 0 Å². The standard InChI is InChI=1S/C18H16FN3O4/c1-18(2,3)17-20-9-6-7(19)4-5-8(9)16-21-10-11(22(16)17)13(24)15(26)14(25)12(10)23/h4-6,23-26H,1-3H3. The Morgan fingerprint density at radius 2 is 1.58 bits per heavy atom. The van der Waals surface area contributed by atoms with Gasteiger partial charge in [0.2, 0.25) is 11.5 Å². The van der Waals surface area contributed by atoms with Gasteiger partial charge in [0.25, 0.3) is 0 Å². The van der Waals surface area contributed by atoms with Crippen LogP contribution in [0.25, 0.3) is 27.6 Å². The molecule has 0 radical (unpaired) electrons. The molecule has 0 bridgehead atoms. The molecule has 7 nitrogen and oxygen atoms in total. The van der Waals surface area contributed by atoms with Crippen molar-refractivity contribution in [1.82, 2.24) is 14.4 Å². The van der Waals surface area contributed by atoms with Crippen molar-refractivity contribution in [3.63, 3.8) is 0 Å². The number of rotatable bonds is 0. The van der Waals surface area contributed by atoms with E-state index >= 15 is 0 Å². The maximum atomic E-state index is 13.7. The molecule has 0 aliphatic rings. The first-order valence-electron chi connectivity index (χ1n) is 7.89. The van der Waals surface area contributed by atoms with Crippen molar-refractivity contribution in [3.05, 3.63) is 29.8 Å². The van der Waals surface area contributed by atoms with E-state index in [1.54, 1.807) is 0 Å². The van der Waals surface area contributed by atoms with Crippen LogP contribution in [-0.4, -0.2) is 34.8 Å². The van der Waals surface area contributed by atoms with E-state index in [9.17, 15) is 24.8 Å². The fourth-order valence-electron chi connectivity index (χ4n) is 3.09. The summed E-state index contributed by atoms with van der Waals surface area (Å²) in [4.78, 5) is 8.86. The van der Waals surface area contributed by atoms with Crippen molar-refractivity contribution in [2.45, 2.75) is 26.2 Å². The largest absolute Gasteiger partial charge is 0.503 e. The molecule has 134 valence electrons. The van der Waals surface area contributed by atoms with Crippen LogP contribution < -0.4 is 0 Å². The van der Waals surface area contributed by atoms with Crippen molar-refractivity contribution < 1.29 is 24.8 Å². The molecule has 0 saturated carbocycles. The van der Waals surface area contributed by atoms with Crippen LogP contribution in [0.1, 0.15) is 26.6 Å². The van der Waals surface area contributed by atoms with E-state index in [-0.39, 0.29) is 11.0 Å². The molecule has 4 aromatic rings. The SMILES string of the molecule is CC(C)(C)c1nc2cc(F)ccc2c2nc3c(O)c(O)c(O)c(O)c3n12. The molecule has 0 amide bonds. The summed E-state index contributed by atoms with van der Waals surface area (Å²) in [6.07, 6.45) is 0. The highest BCUT2D eigenvalue weighted by Crippen LogP contribution is 2.49. The monoisotopic (exact) mass is 357 g/mol. The van der Waals surface area contributed by atoms with Crippen LogP contribution >= 0.6 is 0 Å². The minimum absolute atomic E-state index is 0.0106. The Kier molecular flexibility index (Phi) is 3.04. The predicted octanol–water partition coefficient (Wildman–Crippen LogP) is 3.29. The molecular weight excluding hydrogens is 341 g/mol. The number of benzene rings is 2. The third-order valence-electron chi connectivity index (χ3n) is 4.31. The molecule has 0 saturated heterocycles. The molecule has 26 heavy (non-hydrogen) atoms. The molecule has 0 fully saturated rings. The van der Waals surface area contributed by atoms with Gasteiger partial charge in [0.05, 0.1) is 5.52 Å². The number of fused-ring (bicyclic) bond motifs is 5. The number of hydrogen-bond donors (Lipinski definition) is 4. The van der Waals surface area contributed by atoms with Crippen LogP contribution in [0.4, 0.5) is 4.39 Å². The van der Waals surface area contributed by atoms with E-state index in [0.29, 0.717) is 22.4 Å². The number of hydrogen-bond acceptors (Lipinski definition) is 6. The van der Waals surface area contributed by atoms with Crippen LogP contribution in [0, 0.1) is 5.82 Å². The lowest BCUT2D eigenvalue weighted by atomic mass is 9.95. The normalized spacial score (nSPS) is 12.5. The van der Waals surface area contributed by atoms with Gasteiger partial charge in [0, 0.05) is 16.9 Å². The van der Waals surface area contributed by atoms with Gasteiger partial charge in [-0.2, -0.15) is 0 Å². The van der Waals surface area contributed by atoms with Crippen molar-refractivity contribution in [3.8, 4) is 23.0 Å². The van der Waals surface area contributed by atoms with E-state index in [4.69, 9.17) is 0 Å². The third-order valence-corrected chi connectivity index (χ3v) is 4.31. The molecule has 2 aromatic carbocycles. The quantitative estimate of drug-likeness (QED) is 0.284. The van der Waals surface area contributed by atoms with Crippen LogP contribution in [0.2, 0.25) is 0 Å². The second-order valence-corrected chi connectivity index (χ2v) is 7.21. The molecule has 0 aliphatic heterocycles. The van der Waals surface area contributed by atoms with E-state index < -0.39 is 34.2 Å². The highest BCUT2D eigenvalue weighted by molar-refractivity contribution is 6.01. The lowest BCUT2D eigenvalue weighted by Crippen LogP contribution is -2.19. The van der Waals surface area contributed by atoms with Gasteiger partial charge >= 0.3 is 0 Å². The zero-order valence-electron chi connectivity index (χ0n) is 14.2. The maximum Gasteiger partial charge on any atom is 0.206 e. The fourth-order valence-corrected chi connectivity index (χ4v) is 3.09. The lowest BCUT2D eigenvalue weighted by molar-refractivity contribution is 0.350. The molecule has 0 spiro atoms. The first-order chi connectivity index (χ1) is 12.1. The fraction of sp³-hybridized carbons (Fsp3) is 0.222. The third kappa shape index (κ3) is 1.98. The van der Waals surface area contributed by atoms with E-state index in [1.807, 2.05) is 20.8 Å². The minimum Gasteiger partial charge on any atom is -0.503 e. The molecule has 0 atom stereocenters. The molecule has 0 unspecified atom stereocenters. The molecular formula is C18H16FN3O4. The van der Waals surface area contributed by atoms with E-state index in [0.717, 1.165) is 0 Å². The van der Waals surface area contributed by atoms with Gasteiger partial charge < -0.3 is 20.4 Å². The Labute approximate surface area is 146 Å². The molecule has 0 aliphatic carbocycles. The Balaban J connectivity index is 2.38. The number of phenols is 4. The summed E-state index contributed by atoms with van der Waals surface area (Å²) in [5, 5.41) is 40.8. The average Bonchev–Trinajstić information content (AvgIpc) is 2.96. The summed E-state index contributed by atoms with van der Waals surface area (Å²) >= 11 is 0. The average molecular weight is 357 g/mol. The van der Waals surface area contributed by atoms with Crippen LogP contribution in [0.3, 0.4) is 0 Å². The molecule has 4 rings (SSSR count). The lowest BCUT2D eigenvalue weighted by Gasteiger charge is -2.21. The van der Waals surface area contributed by atoms with Gasteiger partial charge in [-0.1, -0.05) is 20.8 Å². The summed E-state index contributed by atoms with van der Waals surface area (Å²) in [6, 6.07) is 4.03. The molecule has 8 heteroatoms. The highest BCUT2D eigenvalue weighted by Gasteiger charge is 2.28. The van der Waals surface area contributed by atoms with Crippen LogP contribution in [0.15, 0.2) is 18.2 Å². The van der Waals surface area contributed by atoms with Crippen molar-refractivity contribution >= 4 is 27.6 Å². The van der Waals surface area contributed by atoms with Crippen molar-refractivity contribution in [2.24, 2.45) is 0 Å². The van der Waals surface area contributed by atoms with Gasteiger partial charge in [0.15, 0.2) is 11.5 Å². The predicted molar refractivity (Wildman–Crippen MR) is 93.3 cm³/mol. The second-order valence-electron chi connectivity index (χ2n) is 7.21. The summed E-state index contributed by atoms with van der Waals surface area (Å²) in [6.45, 7) is 5.63. The number of halogens is 1. The van der Waals surface area contributed by atoms with Crippen LogP contribution in [0.5, 0.6) is 23.0 Å². The Bertz CT molecular complexity index is 1220. The van der Waals surface area contributed by atoms with E-state index in [2.05, 4.69) is 9.97 Å². The second kappa shape index (κ2) is 4.87. The highest BCUT2D eigenvalue weighted by atomic mass is 19.1. The Morgan fingerprint density at radius 3 is 2.23 bits per heavy atom. The summed E-state index contributed by atoms with van der Waals surface area (Å²) in [5.41, 5.74) is 0.0520. The smallest absolute Gasteiger partial charge is 0.206 e. The number of aromatic hydroxyl groups is 4. The van der Waals surface area contributed by atoms with Gasteiger partial charge in [-0.15, -0.1) is 0 Å². The molecule has 2 aromatic heterocycles. The zero-order chi connectivity index (χ0) is 19.0. The Hall–Kier alpha value is -3.29. The number of imidazole rings is 1. The molecule has 2 heterocycles. The van der Waals surface area contributed by atoms with Crippen molar-refractivity contribution in [1.29, 1.82) is 0 Å². The summed E-state index contributed by atoms with van der Waals surface area (Å²) < 4.78 is 15.2. The number of aromatic nitrogens is 3. The van der Waals surface area contributed by atoms with Gasteiger partial charge in [-0.25, -0.2) is 14.4 Å². The first kappa shape index (κ1) is 16.2. The topological polar surface area (TPSA) is 111 Å². The summed E-state index contributed by atoms with van der Waals surface area (Å²) in [5.74, 6) is -3.01. The van der Waals surface area contributed by atoms with E-state index in [1.165, 1.54) is 22.6 Å². The van der Waals surface area contributed by atoms with Gasteiger partial charge in [-0.05, 0) is 12.1 Å². The first-order valence-corrected chi connectivity index (χ1v) is 7.89. The van der Waals surface area contributed by atoms with Gasteiger partial charge in [0.1, 0.15) is 28.3 Å². The maximum absolute atomic E-state index is 13.7. The minimum atomic E-state index is -0.862. The Morgan fingerprint density at radius 1 is 0.923 bits per heavy atom. The summed E-state index contributed by atoms with van der Waals surface area (Å²) in [7, 11) is 0.